The first-order chi connectivity index (χ1) is 3.81. The molecule has 48 valence electrons. The molecule has 0 heterocycles. The van der Waals surface area contributed by atoms with Gasteiger partial charge in [0.1, 0.15) is 6.29 Å². The van der Waals surface area contributed by atoms with Crippen LogP contribution in [0.25, 0.3) is 0 Å². The molecule has 0 aromatic rings. The molecule has 0 bridgehead atoms. The minimum atomic E-state index is 0.193. The maximum atomic E-state index is 9.97. The molecule has 0 saturated carbocycles. The highest BCUT2D eigenvalue weighted by atomic mass is 16.1. The Kier molecular flexibility index (Phi) is 4.56. The number of nitrogens with two attached hydrogens (primary N) is 1. The average molecular weight is 115 g/mol. The van der Waals surface area contributed by atoms with Crippen LogP contribution in [0.5, 0.6) is 0 Å². The van der Waals surface area contributed by atoms with Crippen molar-refractivity contribution in [3.05, 3.63) is 0 Å². The Bertz CT molecular complexity index is 63.5. The molecule has 2 heteroatoms. The Labute approximate surface area is 50.1 Å². The van der Waals surface area contributed by atoms with Crippen LogP contribution in [0, 0.1) is 5.92 Å². The summed E-state index contributed by atoms with van der Waals surface area (Å²) < 4.78 is 0. The Morgan fingerprint density at radius 3 is 2.75 bits per heavy atom. The molecule has 1 atom stereocenters. The van der Waals surface area contributed by atoms with Crippen molar-refractivity contribution >= 4 is 6.29 Å². The highest BCUT2D eigenvalue weighted by Gasteiger charge is 1.95. The van der Waals surface area contributed by atoms with Crippen molar-refractivity contribution in [3.63, 3.8) is 0 Å². The normalized spacial score (nSPS) is 13.2. The van der Waals surface area contributed by atoms with Crippen molar-refractivity contribution in [2.75, 3.05) is 6.54 Å². The van der Waals surface area contributed by atoms with Crippen LogP contribution in [0.3, 0.4) is 0 Å². The monoisotopic (exact) mass is 115 g/mol. The molecule has 0 aliphatic rings. The topological polar surface area (TPSA) is 43.1 Å². The van der Waals surface area contributed by atoms with Gasteiger partial charge in [-0.15, -0.1) is 0 Å². The van der Waals surface area contributed by atoms with E-state index in [9.17, 15) is 4.79 Å². The Morgan fingerprint density at radius 2 is 2.38 bits per heavy atom. The summed E-state index contributed by atoms with van der Waals surface area (Å²) in [4.78, 5) is 9.97. The first kappa shape index (κ1) is 7.63. The SMILES string of the molecule is CC(C=O)CCCN. The van der Waals surface area contributed by atoms with E-state index in [4.69, 9.17) is 5.73 Å². The van der Waals surface area contributed by atoms with Crippen LogP contribution < -0.4 is 5.73 Å². The van der Waals surface area contributed by atoms with Gasteiger partial charge in [0, 0.05) is 5.92 Å². The summed E-state index contributed by atoms with van der Waals surface area (Å²) in [5.41, 5.74) is 5.22. The summed E-state index contributed by atoms with van der Waals surface area (Å²) in [6.45, 7) is 2.60. The second kappa shape index (κ2) is 4.78. The Balaban J connectivity index is 2.98. The fourth-order valence-corrected chi connectivity index (χ4v) is 0.508. The van der Waals surface area contributed by atoms with E-state index < -0.39 is 0 Å². The van der Waals surface area contributed by atoms with Crippen molar-refractivity contribution in [3.8, 4) is 0 Å². The van der Waals surface area contributed by atoms with Crippen LogP contribution in [0.15, 0.2) is 0 Å². The molecule has 0 radical (unpaired) electrons. The van der Waals surface area contributed by atoms with Gasteiger partial charge < -0.3 is 10.5 Å². The van der Waals surface area contributed by atoms with Gasteiger partial charge in [0.25, 0.3) is 0 Å². The number of hydrogen-bond acceptors (Lipinski definition) is 2. The fourth-order valence-electron chi connectivity index (χ4n) is 0.508. The maximum absolute atomic E-state index is 9.97. The highest BCUT2D eigenvalue weighted by molar-refractivity contribution is 5.52. The smallest absolute Gasteiger partial charge is 0.122 e. The summed E-state index contributed by atoms with van der Waals surface area (Å²) in [7, 11) is 0. The van der Waals surface area contributed by atoms with Gasteiger partial charge in [0.15, 0.2) is 0 Å². The summed E-state index contributed by atoms with van der Waals surface area (Å²) in [5.74, 6) is 0.193. The molecule has 0 aliphatic heterocycles. The molecule has 0 fully saturated rings. The van der Waals surface area contributed by atoms with Crippen LogP contribution in [0.2, 0.25) is 0 Å². The third kappa shape index (κ3) is 3.81. The van der Waals surface area contributed by atoms with Crippen molar-refractivity contribution < 1.29 is 4.79 Å². The summed E-state index contributed by atoms with van der Waals surface area (Å²) in [6, 6.07) is 0. The number of carbonyl (C=O) groups excluding carboxylic acids is 1. The van der Waals surface area contributed by atoms with Crippen LogP contribution in [-0.4, -0.2) is 12.8 Å². The van der Waals surface area contributed by atoms with Gasteiger partial charge in [-0.25, -0.2) is 0 Å². The molecule has 0 saturated heterocycles. The molecule has 0 spiro atoms. The molecule has 0 aliphatic carbocycles. The molecule has 8 heavy (non-hydrogen) atoms. The predicted octanol–water partition coefficient (Wildman–Crippen LogP) is 0.560. The Hall–Kier alpha value is -0.370. The maximum Gasteiger partial charge on any atom is 0.122 e. The standard InChI is InChI=1S/C6H13NO/c1-6(5-8)3-2-4-7/h5-6H,2-4,7H2,1H3. The number of rotatable bonds is 4. The Morgan fingerprint density at radius 1 is 1.75 bits per heavy atom. The first-order valence-electron chi connectivity index (χ1n) is 2.96. The van der Waals surface area contributed by atoms with Crippen LogP contribution in [0.1, 0.15) is 19.8 Å². The first-order valence-corrected chi connectivity index (χ1v) is 2.96. The van der Waals surface area contributed by atoms with E-state index in [1.807, 2.05) is 6.92 Å². The lowest BCUT2D eigenvalue weighted by Gasteiger charge is -1.97. The zero-order valence-electron chi connectivity index (χ0n) is 5.26. The minimum Gasteiger partial charge on any atom is -0.330 e. The third-order valence-corrected chi connectivity index (χ3v) is 1.10. The largest absolute Gasteiger partial charge is 0.330 e. The number of hydrogen-bond donors (Lipinski definition) is 1. The van der Waals surface area contributed by atoms with Crippen molar-refractivity contribution in [1.29, 1.82) is 0 Å². The van der Waals surface area contributed by atoms with E-state index in [0.29, 0.717) is 6.54 Å². The van der Waals surface area contributed by atoms with Gasteiger partial charge >= 0.3 is 0 Å². The second-order valence-corrected chi connectivity index (χ2v) is 2.04. The van der Waals surface area contributed by atoms with Crippen molar-refractivity contribution in [1.82, 2.24) is 0 Å². The van der Waals surface area contributed by atoms with E-state index in [-0.39, 0.29) is 5.92 Å². The minimum absolute atomic E-state index is 0.193. The summed E-state index contributed by atoms with van der Waals surface area (Å²) in [6.07, 6.45) is 2.86. The lowest BCUT2D eigenvalue weighted by atomic mass is 10.1. The molecule has 2 nitrogen and oxygen atoms in total. The zero-order valence-corrected chi connectivity index (χ0v) is 5.26. The predicted molar refractivity (Wildman–Crippen MR) is 33.5 cm³/mol. The fraction of sp³-hybridized carbons (Fsp3) is 0.833. The molecule has 0 aromatic carbocycles. The number of aldehydes is 1. The molecule has 0 rings (SSSR count). The molecule has 1 unspecified atom stereocenters. The van der Waals surface area contributed by atoms with E-state index in [0.717, 1.165) is 19.1 Å². The highest BCUT2D eigenvalue weighted by Crippen LogP contribution is 1.98. The molecular formula is C6H13NO. The van der Waals surface area contributed by atoms with Crippen LogP contribution >= 0.6 is 0 Å². The second-order valence-electron chi connectivity index (χ2n) is 2.04. The van der Waals surface area contributed by atoms with Gasteiger partial charge in [-0.05, 0) is 19.4 Å². The average Bonchev–Trinajstić information content (AvgIpc) is 1.83. The van der Waals surface area contributed by atoms with Crippen molar-refractivity contribution in [2.45, 2.75) is 19.8 Å². The molecule has 0 amide bonds. The zero-order chi connectivity index (χ0) is 6.41. The van der Waals surface area contributed by atoms with Crippen LogP contribution in [-0.2, 0) is 4.79 Å². The van der Waals surface area contributed by atoms with Gasteiger partial charge in [-0.2, -0.15) is 0 Å². The summed E-state index contributed by atoms with van der Waals surface area (Å²) in [5, 5.41) is 0. The lowest BCUT2D eigenvalue weighted by Crippen LogP contribution is -2.02. The van der Waals surface area contributed by atoms with E-state index in [2.05, 4.69) is 0 Å². The molecule has 2 N–H and O–H groups in total. The van der Waals surface area contributed by atoms with Gasteiger partial charge in [-0.1, -0.05) is 6.92 Å². The van der Waals surface area contributed by atoms with E-state index in [1.165, 1.54) is 0 Å². The van der Waals surface area contributed by atoms with E-state index in [1.54, 1.807) is 0 Å². The van der Waals surface area contributed by atoms with Crippen LogP contribution in [0.4, 0.5) is 0 Å². The third-order valence-electron chi connectivity index (χ3n) is 1.10. The van der Waals surface area contributed by atoms with Gasteiger partial charge in [-0.3, -0.25) is 0 Å². The van der Waals surface area contributed by atoms with Crippen molar-refractivity contribution in [2.24, 2.45) is 11.7 Å². The van der Waals surface area contributed by atoms with Gasteiger partial charge in [0.05, 0.1) is 0 Å². The lowest BCUT2D eigenvalue weighted by molar-refractivity contribution is -0.110. The molecular weight excluding hydrogens is 102 g/mol. The quantitative estimate of drug-likeness (QED) is 0.544. The number of carbonyl (C=O) groups is 1. The molecule has 0 aromatic heterocycles. The van der Waals surface area contributed by atoms with E-state index >= 15 is 0 Å². The van der Waals surface area contributed by atoms with Gasteiger partial charge in [0.2, 0.25) is 0 Å². The summed E-state index contributed by atoms with van der Waals surface area (Å²) >= 11 is 0.